The van der Waals surface area contributed by atoms with E-state index < -0.39 is 23.6 Å². The van der Waals surface area contributed by atoms with E-state index in [-0.39, 0.29) is 5.57 Å². The number of benzene rings is 2. The van der Waals surface area contributed by atoms with E-state index in [1.54, 1.807) is 6.08 Å². The molecule has 2 N–H and O–H groups in total. The van der Waals surface area contributed by atoms with Crippen molar-refractivity contribution in [2.24, 2.45) is 4.99 Å². The second-order valence-corrected chi connectivity index (χ2v) is 6.30. The molecule has 0 aromatic heterocycles. The van der Waals surface area contributed by atoms with Gasteiger partial charge in [0.2, 0.25) is 0 Å². The lowest BCUT2D eigenvalue weighted by Crippen LogP contribution is -2.28. The van der Waals surface area contributed by atoms with Crippen molar-refractivity contribution in [2.45, 2.75) is 6.04 Å². The zero-order valence-electron chi connectivity index (χ0n) is 14.6. The van der Waals surface area contributed by atoms with Gasteiger partial charge in [-0.1, -0.05) is 54.6 Å². The lowest BCUT2D eigenvalue weighted by molar-refractivity contribution is -0.137. The van der Waals surface area contributed by atoms with Crippen LogP contribution in [-0.4, -0.2) is 34.7 Å². The Morgan fingerprint density at radius 2 is 1.70 bits per heavy atom. The van der Waals surface area contributed by atoms with Gasteiger partial charge in [0.15, 0.2) is 5.76 Å². The number of para-hydroxylation sites is 1. The first-order valence-electron chi connectivity index (χ1n) is 8.48. The third kappa shape index (κ3) is 2.91. The quantitative estimate of drug-likeness (QED) is 0.825. The summed E-state index contributed by atoms with van der Waals surface area (Å²) in [6, 6.07) is 16.4. The number of amidine groups is 1. The van der Waals surface area contributed by atoms with Crippen LogP contribution in [0.15, 0.2) is 77.0 Å². The Bertz CT molecular complexity index is 1020. The van der Waals surface area contributed by atoms with E-state index in [0.717, 1.165) is 21.7 Å². The molecule has 1 atom stereocenters. The maximum atomic E-state index is 12.5. The van der Waals surface area contributed by atoms with Gasteiger partial charge in [-0.3, -0.25) is 19.5 Å². The molecular formula is C21H17N3O3. The molecule has 0 spiro atoms. The molecule has 134 valence electrons. The summed E-state index contributed by atoms with van der Waals surface area (Å²) in [5, 5.41) is 13.5. The summed E-state index contributed by atoms with van der Waals surface area (Å²) < 4.78 is 0. The Morgan fingerprint density at radius 1 is 1.00 bits per heavy atom. The van der Waals surface area contributed by atoms with Gasteiger partial charge in [0.25, 0.3) is 11.8 Å². The molecule has 0 fully saturated rings. The Balaban J connectivity index is 1.77. The van der Waals surface area contributed by atoms with Crippen molar-refractivity contribution in [1.29, 1.82) is 0 Å². The minimum Gasteiger partial charge on any atom is -0.503 e. The summed E-state index contributed by atoms with van der Waals surface area (Å²) in [6.07, 6.45) is 3.71. The first-order chi connectivity index (χ1) is 13.1. The molecule has 4 rings (SSSR count). The fourth-order valence-electron chi connectivity index (χ4n) is 3.17. The van der Waals surface area contributed by atoms with Crippen molar-refractivity contribution in [3.05, 3.63) is 83.1 Å². The third-order valence-corrected chi connectivity index (χ3v) is 4.59. The number of aliphatic imine (C=N–C) groups is 1. The third-order valence-electron chi connectivity index (χ3n) is 4.59. The SMILES string of the molecule is CN1C(=O)C(O)=C(C2N=C(/C=C/c3ccccc3)Nc3ccccc32)C1=O. The molecule has 2 heterocycles. The highest BCUT2D eigenvalue weighted by Gasteiger charge is 2.42. The zero-order valence-corrected chi connectivity index (χ0v) is 14.6. The smallest absolute Gasteiger partial charge is 0.295 e. The fourth-order valence-corrected chi connectivity index (χ4v) is 3.17. The number of aliphatic hydroxyl groups excluding tert-OH is 1. The number of nitrogens with zero attached hydrogens (tertiary/aromatic N) is 2. The maximum Gasteiger partial charge on any atom is 0.295 e. The lowest BCUT2D eigenvalue weighted by atomic mass is 9.95. The summed E-state index contributed by atoms with van der Waals surface area (Å²) in [5.74, 6) is -1.24. The van der Waals surface area contributed by atoms with Crippen LogP contribution in [0.5, 0.6) is 0 Å². The summed E-state index contributed by atoms with van der Waals surface area (Å²) in [5.41, 5.74) is 2.51. The molecule has 2 aliphatic rings. The Kier molecular flexibility index (Phi) is 4.08. The number of hydrogen-bond acceptors (Lipinski definition) is 5. The number of likely N-dealkylation sites (N-methyl/N-ethyl adjacent to an activating group) is 1. The number of aliphatic hydroxyl groups is 1. The summed E-state index contributed by atoms with van der Waals surface area (Å²) in [6.45, 7) is 0. The number of rotatable bonds is 3. The maximum absolute atomic E-state index is 12.5. The van der Waals surface area contributed by atoms with Gasteiger partial charge in [-0.05, 0) is 17.7 Å². The number of hydrogen-bond donors (Lipinski definition) is 2. The Labute approximate surface area is 156 Å². The minimum absolute atomic E-state index is 0.00191. The average molecular weight is 359 g/mol. The molecule has 0 bridgehead atoms. The molecular weight excluding hydrogens is 342 g/mol. The van der Waals surface area contributed by atoms with Crippen LogP contribution in [0.1, 0.15) is 17.2 Å². The van der Waals surface area contributed by atoms with E-state index >= 15 is 0 Å². The van der Waals surface area contributed by atoms with Crippen molar-refractivity contribution >= 4 is 29.4 Å². The van der Waals surface area contributed by atoms with Gasteiger partial charge in [0.1, 0.15) is 11.9 Å². The van der Waals surface area contributed by atoms with Gasteiger partial charge in [0.05, 0.1) is 5.57 Å². The predicted molar refractivity (Wildman–Crippen MR) is 103 cm³/mol. The standard InChI is InChI=1S/C21H17N3O3/c1-24-20(26)17(19(25)21(24)27)18-14-9-5-6-10-15(14)22-16(23-18)12-11-13-7-3-2-4-8-13/h2-12,18,25H,1H3,(H,22,23)/b12-11+. The van der Waals surface area contributed by atoms with Crippen molar-refractivity contribution < 1.29 is 14.7 Å². The van der Waals surface area contributed by atoms with Gasteiger partial charge >= 0.3 is 0 Å². The zero-order chi connectivity index (χ0) is 19.0. The predicted octanol–water partition coefficient (Wildman–Crippen LogP) is 3.08. The van der Waals surface area contributed by atoms with Crippen LogP contribution in [0.25, 0.3) is 6.08 Å². The van der Waals surface area contributed by atoms with E-state index in [4.69, 9.17) is 0 Å². The fraction of sp³-hybridized carbons (Fsp3) is 0.0952. The van der Waals surface area contributed by atoms with Crippen molar-refractivity contribution in [1.82, 2.24) is 4.90 Å². The molecule has 6 heteroatoms. The monoisotopic (exact) mass is 359 g/mol. The molecule has 27 heavy (non-hydrogen) atoms. The number of carbonyl (C=O) groups is 2. The lowest BCUT2D eigenvalue weighted by Gasteiger charge is -2.24. The molecule has 2 aromatic carbocycles. The Morgan fingerprint density at radius 3 is 2.41 bits per heavy atom. The number of anilines is 1. The topological polar surface area (TPSA) is 82.0 Å². The molecule has 0 radical (unpaired) electrons. The molecule has 0 saturated carbocycles. The van der Waals surface area contributed by atoms with Crippen LogP contribution < -0.4 is 5.32 Å². The molecule has 2 aromatic rings. The van der Waals surface area contributed by atoms with Crippen LogP contribution in [-0.2, 0) is 9.59 Å². The highest BCUT2D eigenvalue weighted by molar-refractivity contribution is 6.19. The Hall–Kier alpha value is -3.67. The summed E-state index contributed by atoms with van der Waals surface area (Å²) >= 11 is 0. The first-order valence-corrected chi connectivity index (χ1v) is 8.48. The van der Waals surface area contributed by atoms with E-state index in [1.165, 1.54) is 7.05 Å². The number of fused-ring (bicyclic) bond motifs is 1. The van der Waals surface area contributed by atoms with Crippen LogP contribution in [0.2, 0.25) is 0 Å². The molecule has 6 nitrogen and oxygen atoms in total. The van der Waals surface area contributed by atoms with E-state index in [2.05, 4.69) is 10.3 Å². The number of nitrogens with one attached hydrogen (secondary N) is 1. The highest BCUT2D eigenvalue weighted by atomic mass is 16.3. The van der Waals surface area contributed by atoms with Crippen LogP contribution in [0, 0.1) is 0 Å². The largest absolute Gasteiger partial charge is 0.503 e. The van der Waals surface area contributed by atoms with E-state index in [9.17, 15) is 14.7 Å². The highest BCUT2D eigenvalue weighted by Crippen LogP contribution is 2.39. The second-order valence-electron chi connectivity index (χ2n) is 6.30. The van der Waals surface area contributed by atoms with Crippen LogP contribution >= 0.6 is 0 Å². The second kappa shape index (κ2) is 6.57. The van der Waals surface area contributed by atoms with Crippen molar-refractivity contribution in [3.8, 4) is 0 Å². The summed E-state index contributed by atoms with van der Waals surface area (Å²) in [7, 11) is 1.35. The van der Waals surface area contributed by atoms with Gasteiger partial charge in [-0.25, -0.2) is 0 Å². The van der Waals surface area contributed by atoms with E-state index in [1.807, 2.05) is 60.7 Å². The van der Waals surface area contributed by atoms with Crippen LogP contribution in [0.3, 0.4) is 0 Å². The average Bonchev–Trinajstić information content (AvgIpc) is 2.89. The molecule has 2 amide bonds. The molecule has 1 unspecified atom stereocenters. The van der Waals surface area contributed by atoms with E-state index in [0.29, 0.717) is 5.84 Å². The summed E-state index contributed by atoms with van der Waals surface area (Å²) in [4.78, 5) is 30.0. The van der Waals surface area contributed by atoms with Crippen LogP contribution in [0.4, 0.5) is 5.69 Å². The normalized spacial score (nSPS) is 19.4. The minimum atomic E-state index is -0.751. The number of carbonyl (C=O) groups excluding carboxylic acids is 2. The number of amides is 2. The van der Waals surface area contributed by atoms with Gasteiger partial charge in [-0.15, -0.1) is 0 Å². The van der Waals surface area contributed by atoms with Gasteiger partial charge in [0, 0.05) is 18.3 Å². The van der Waals surface area contributed by atoms with Gasteiger partial charge < -0.3 is 10.4 Å². The van der Waals surface area contributed by atoms with Crippen molar-refractivity contribution in [3.63, 3.8) is 0 Å². The molecule has 2 aliphatic heterocycles. The number of imide groups is 1. The van der Waals surface area contributed by atoms with Crippen molar-refractivity contribution in [2.75, 3.05) is 12.4 Å². The molecule has 0 saturated heterocycles. The molecule has 0 aliphatic carbocycles. The van der Waals surface area contributed by atoms with Gasteiger partial charge in [-0.2, -0.15) is 0 Å². The first kappa shape index (κ1) is 16.8.